The third-order valence-electron chi connectivity index (χ3n) is 3.24. The van der Waals surface area contributed by atoms with E-state index in [0.29, 0.717) is 0 Å². The lowest BCUT2D eigenvalue weighted by Gasteiger charge is -2.18. The van der Waals surface area contributed by atoms with Crippen LogP contribution in [0.25, 0.3) is 10.9 Å². The molecule has 0 aliphatic carbocycles. The first-order valence-corrected chi connectivity index (χ1v) is 6.50. The molecule has 0 fully saturated rings. The van der Waals surface area contributed by atoms with Gasteiger partial charge in [-0.25, -0.2) is 9.97 Å². The molecule has 4 heteroatoms. The molecule has 0 amide bonds. The molecule has 20 heavy (non-hydrogen) atoms. The quantitative estimate of drug-likeness (QED) is 0.761. The minimum atomic E-state index is -0.186. The van der Waals surface area contributed by atoms with Gasteiger partial charge in [0, 0.05) is 5.39 Å². The Morgan fingerprint density at radius 3 is 2.50 bits per heavy atom. The van der Waals surface area contributed by atoms with Crippen molar-refractivity contribution in [3.8, 4) is 0 Å². The summed E-state index contributed by atoms with van der Waals surface area (Å²) in [7, 11) is 0. The third-order valence-corrected chi connectivity index (χ3v) is 3.24. The SMILES string of the molecule is OC[C@H](Nc1ncnc2ccccc12)c1ccccc1. The number of anilines is 1. The van der Waals surface area contributed by atoms with Crippen LogP contribution >= 0.6 is 0 Å². The van der Waals surface area contributed by atoms with E-state index in [0.717, 1.165) is 22.3 Å². The number of hydrogen-bond acceptors (Lipinski definition) is 4. The van der Waals surface area contributed by atoms with Crippen molar-refractivity contribution in [1.29, 1.82) is 0 Å². The highest BCUT2D eigenvalue weighted by Crippen LogP contribution is 2.23. The van der Waals surface area contributed by atoms with Gasteiger partial charge in [0.25, 0.3) is 0 Å². The average molecular weight is 265 g/mol. The van der Waals surface area contributed by atoms with Crippen LogP contribution in [-0.4, -0.2) is 21.7 Å². The smallest absolute Gasteiger partial charge is 0.137 e. The van der Waals surface area contributed by atoms with E-state index in [1.165, 1.54) is 6.33 Å². The molecule has 4 nitrogen and oxygen atoms in total. The van der Waals surface area contributed by atoms with Crippen molar-refractivity contribution < 1.29 is 5.11 Å². The van der Waals surface area contributed by atoms with Crippen molar-refractivity contribution >= 4 is 16.7 Å². The highest BCUT2D eigenvalue weighted by molar-refractivity contribution is 5.88. The van der Waals surface area contributed by atoms with E-state index in [1.54, 1.807) is 0 Å². The van der Waals surface area contributed by atoms with E-state index in [1.807, 2.05) is 54.6 Å². The summed E-state index contributed by atoms with van der Waals surface area (Å²) in [5.74, 6) is 0.735. The average Bonchev–Trinajstić information content (AvgIpc) is 2.53. The maximum atomic E-state index is 9.61. The first-order chi connectivity index (χ1) is 9.88. The second-order valence-corrected chi connectivity index (χ2v) is 4.53. The predicted octanol–water partition coefficient (Wildman–Crippen LogP) is 2.78. The summed E-state index contributed by atoms with van der Waals surface area (Å²) >= 11 is 0. The van der Waals surface area contributed by atoms with Crippen LogP contribution in [0.4, 0.5) is 5.82 Å². The van der Waals surface area contributed by atoms with E-state index >= 15 is 0 Å². The highest BCUT2D eigenvalue weighted by Gasteiger charge is 2.12. The van der Waals surface area contributed by atoms with Crippen molar-refractivity contribution in [2.45, 2.75) is 6.04 Å². The number of rotatable bonds is 4. The van der Waals surface area contributed by atoms with Gasteiger partial charge >= 0.3 is 0 Å². The molecule has 0 aliphatic heterocycles. The fraction of sp³-hybridized carbons (Fsp3) is 0.125. The van der Waals surface area contributed by atoms with Crippen molar-refractivity contribution in [1.82, 2.24) is 9.97 Å². The molecule has 0 bridgehead atoms. The lowest BCUT2D eigenvalue weighted by molar-refractivity contribution is 0.276. The monoisotopic (exact) mass is 265 g/mol. The molecule has 0 radical (unpaired) electrons. The summed E-state index contributed by atoms with van der Waals surface area (Å²) in [4.78, 5) is 8.52. The Balaban J connectivity index is 1.96. The maximum Gasteiger partial charge on any atom is 0.137 e. The number of nitrogens with zero attached hydrogens (tertiary/aromatic N) is 2. The normalized spacial score (nSPS) is 12.2. The number of nitrogens with one attached hydrogen (secondary N) is 1. The van der Waals surface area contributed by atoms with Crippen molar-refractivity contribution in [2.75, 3.05) is 11.9 Å². The van der Waals surface area contributed by atoms with Gasteiger partial charge in [-0.15, -0.1) is 0 Å². The number of para-hydroxylation sites is 1. The Hall–Kier alpha value is -2.46. The molecule has 100 valence electrons. The van der Waals surface area contributed by atoms with Crippen LogP contribution in [0.2, 0.25) is 0 Å². The van der Waals surface area contributed by atoms with Crippen LogP contribution in [0.5, 0.6) is 0 Å². The molecule has 2 aromatic carbocycles. The number of aliphatic hydroxyl groups excluding tert-OH is 1. The lowest BCUT2D eigenvalue weighted by Crippen LogP contribution is -2.15. The molecular weight excluding hydrogens is 250 g/mol. The second-order valence-electron chi connectivity index (χ2n) is 4.53. The Bertz CT molecular complexity index is 695. The van der Waals surface area contributed by atoms with Gasteiger partial charge in [0.1, 0.15) is 12.1 Å². The summed E-state index contributed by atoms with van der Waals surface area (Å²) in [6.07, 6.45) is 1.53. The topological polar surface area (TPSA) is 58.0 Å². The van der Waals surface area contributed by atoms with Gasteiger partial charge < -0.3 is 10.4 Å². The van der Waals surface area contributed by atoms with Gasteiger partial charge in [-0.3, -0.25) is 0 Å². The van der Waals surface area contributed by atoms with Crippen LogP contribution in [0.1, 0.15) is 11.6 Å². The Kier molecular flexibility index (Phi) is 3.56. The maximum absolute atomic E-state index is 9.61. The summed E-state index contributed by atoms with van der Waals surface area (Å²) < 4.78 is 0. The van der Waals surface area contributed by atoms with Crippen LogP contribution in [-0.2, 0) is 0 Å². The first kappa shape index (κ1) is 12.6. The Labute approximate surface area is 117 Å². The molecule has 3 rings (SSSR count). The summed E-state index contributed by atoms with van der Waals surface area (Å²) in [5, 5.41) is 13.8. The Morgan fingerprint density at radius 1 is 0.950 bits per heavy atom. The highest BCUT2D eigenvalue weighted by atomic mass is 16.3. The molecule has 1 atom stereocenters. The molecular formula is C16H15N3O. The van der Waals surface area contributed by atoms with E-state index in [4.69, 9.17) is 0 Å². The van der Waals surface area contributed by atoms with Gasteiger partial charge in [-0.2, -0.15) is 0 Å². The fourth-order valence-electron chi connectivity index (χ4n) is 2.20. The minimum Gasteiger partial charge on any atom is -0.394 e. The van der Waals surface area contributed by atoms with Gasteiger partial charge in [0.05, 0.1) is 18.2 Å². The van der Waals surface area contributed by atoms with Crippen molar-refractivity contribution in [3.05, 3.63) is 66.5 Å². The number of aromatic nitrogens is 2. The molecule has 3 aromatic rings. The number of benzene rings is 2. The molecule has 0 saturated carbocycles. The van der Waals surface area contributed by atoms with Crippen molar-refractivity contribution in [2.24, 2.45) is 0 Å². The summed E-state index contributed by atoms with van der Waals surface area (Å²) in [6, 6.07) is 17.5. The van der Waals surface area contributed by atoms with Crippen LogP contribution < -0.4 is 5.32 Å². The third kappa shape index (κ3) is 2.46. The van der Waals surface area contributed by atoms with Crippen LogP contribution in [0.3, 0.4) is 0 Å². The number of hydrogen-bond donors (Lipinski definition) is 2. The van der Waals surface area contributed by atoms with E-state index in [9.17, 15) is 5.11 Å². The Morgan fingerprint density at radius 2 is 1.70 bits per heavy atom. The molecule has 0 saturated heterocycles. The van der Waals surface area contributed by atoms with Crippen molar-refractivity contribution in [3.63, 3.8) is 0 Å². The molecule has 2 N–H and O–H groups in total. The van der Waals surface area contributed by atoms with Crippen LogP contribution in [0, 0.1) is 0 Å². The largest absolute Gasteiger partial charge is 0.394 e. The van der Waals surface area contributed by atoms with E-state index < -0.39 is 0 Å². The lowest BCUT2D eigenvalue weighted by atomic mass is 10.1. The number of aliphatic hydroxyl groups is 1. The zero-order valence-corrected chi connectivity index (χ0v) is 10.9. The summed E-state index contributed by atoms with van der Waals surface area (Å²) in [6.45, 7) is 0.00232. The zero-order valence-electron chi connectivity index (χ0n) is 10.9. The minimum absolute atomic E-state index is 0.00232. The van der Waals surface area contributed by atoms with Gasteiger partial charge in [-0.05, 0) is 17.7 Å². The predicted molar refractivity (Wildman–Crippen MR) is 79.4 cm³/mol. The van der Waals surface area contributed by atoms with Gasteiger partial charge in [0.15, 0.2) is 0 Å². The molecule has 0 aliphatic rings. The van der Waals surface area contributed by atoms with E-state index in [2.05, 4.69) is 15.3 Å². The number of fused-ring (bicyclic) bond motifs is 1. The molecule has 0 spiro atoms. The second kappa shape index (κ2) is 5.67. The standard InChI is InChI=1S/C16H15N3O/c20-10-15(12-6-2-1-3-7-12)19-16-13-8-4-5-9-14(13)17-11-18-16/h1-9,11,15,20H,10H2,(H,17,18,19)/t15-/m0/s1. The summed E-state index contributed by atoms with van der Waals surface area (Å²) in [5.41, 5.74) is 1.91. The first-order valence-electron chi connectivity index (χ1n) is 6.50. The zero-order chi connectivity index (χ0) is 13.8. The van der Waals surface area contributed by atoms with Gasteiger partial charge in [-0.1, -0.05) is 42.5 Å². The van der Waals surface area contributed by atoms with Gasteiger partial charge in [0.2, 0.25) is 0 Å². The molecule has 1 heterocycles. The van der Waals surface area contributed by atoms with E-state index in [-0.39, 0.29) is 12.6 Å². The molecule has 0 unspecified atom stereocenters. The molecule has 1 aromatic heterocycles. The van der Waals surface area contributed by atoms with Crippen LogP contribution in [0.15, 0.2) is 60.9 Å². The fourth-order valence-corrected chi connectivity index (χ4v) is 2.20.